The molecule has 0 bridgehead atoms. The lowest BCUT2D eigenvalue weighted by Crippen LogP contribution is -2.45. The van der Waals surface area contributed by atoms with Crippen molar-refractivity contribution in [1.29, 1.82) is 0 Å². The van der Waals surface area contributed by atoms with Crippen LogP contribution in [0.3, 0.4) is 0 Å². The van der Waals surface area contributed by atoms with E-state index in [1.807, 2.05) is 0 Å². The molecule has 0 aromatic carbocycles. The molecule has 0 aliphatic heterocycles. The fraction of sp³-hybridized carbons (Fsp3) is 0.946. The summed E-state index contributed by atoms with van der Waals surface area (Å²) in [5.41, 5.74) is 0. The second-order valence-electron chi connectivity index (χ2n) is 25.6. The second kappa shape index (κ2) is 70.1. The molecule has 0 aromatic heterocycles. The number of rotatable bonds is 70. The molecular formula is C74H145NO5. The summed E-state index contributed by atoms with van der Waals surface area (Å²) < 4.78 is 5.49. The van der Waals surface area contributed by atoms with Crippen LogP contribution in [0.25, 0.3) is 0 Å². The maximum absolute atomic E-state index is 12.6. The van der Waals surface area contributed by atoms with E-state index < -0.39 is 12.1 Å². The predicted molar refractivity (Wildman–Crippen MR) is 352 cm³/mol. The smallest absolute Gasteiger partial charge is 0.305 e. The summed E-state index contributed by atoms with van der Waals surface area (Å²) >= 11 is 0. The highest BCUT2D eigenvalue weighted by Gasteiger charge is 2.20. The van der Waals surface area contributed by atoms with Crippen molar-refractivity contribution in [1.82, 2.24) is 5.32 Å². The molecule has 0 heterocycles. The summed E-state index contributed by atoms with van der Waals surface area (Å²) in [6, 6.07) is -0.545. The van der Waals surface area contributed by atoms with Crippen LogP contribution in [-0.2, 0) is 14.3 Å². The van der Waals surface area contributed by atoms with Gasteiger partial charge in [0.15, 0.2) is 0 Å². The maximum Gasteiger partial charge on any atom is 0.305 e. The van der Waals surface area contributed by atoms with Gasteiger partial charge in [-0.15, -0.1) is 0 Å². The van der Waals surface area contributed by atoms with Gasteiger partial charge in [-0.2, -0.15) is 0 Å². The number of esters is 1. The number of carbonyl (C=O) groups is 2. The van der Waals surface area contributed by atoms with Crippen molar-refractivity contribution >= 4 is 11.9 Å². The van der Waals surface area contributed by atoms with Gasteiger partial charge in [-0.05, 0) is 51.4 Å². The van der Waals surface area contributed by atoms with Crippen LogP contribution in [-0.4, -0.2) is 47.4 Å². The van der Waals surface area contributed by atoms with Crippen LogP contribution in [0, 0.1) is 0 Å². The molecule has 2 unspecified atom stereocenters. The molecule has 0 aromatic rings. The summed E-state index contributed by atoms with van der Waals surface area (Å²) in [5.74, 6) is -0.0154. The van der Waals surface area contributed by atoms with Gasteiger partial charge in [0.1, 0.15) is 0 Å². The normalized spacial score (nSPS) is 12.5. The van der Waals surface area contributed by atoms with Gasteiger partial charge in [-0.25, -0.2) is 0 Å². The average Bonchev–Trinajstić information content (AvgIpc) is 3.46. The minimum Gasteiger partial charge on any atom is -0.466 e. The van der Waals surface area contributed by atoms with Crippen LogP contribution < -0.4 is 5.32 Å². The van der Waals surface area contributed by atoms with Gasteiger partial charge >= 0.3 is 5.97 Å². The Labute approximate surface area is 501 Å². The van der Waals surface area contributed by atoms with Crippen LogP contribution >= 0.6 is 0 Å². The zero-order valence-corrected chi connectivity index (χ0v) is 54.6. The van der Waals surface area contributed by atoms with Crippen molar-refractivity contribution in [2.45, 2.75) is 437 Å². The number of carbonyl (C=O) groups excluding carboxylic acids is 2. The maximum atomic E-state index is 12.6. The molecule has 3 N–H and O–H groups in total. The first kappa shape index (κ1) is 78.6. The molecule has 476 valence electrons. The van der Waals surface area contributed by atoms with E-state index in [4.69, 9.17) is 4.74 Å². The lowest BCUT2D eigenvalue weighted by molar-refractivity contribution is -0.143. The van der Waals surface area contributed by atoms with Gasteiger partial charge in [0.2, 0.25) is 5.91 Å². The number of ether oxygens (including phenoxy) is 1. The number of allylic oxidation sites excluding steroid dienone is 2. The molecule has 0 radical (unpaired) electrons. The van der Waals surface area contributed by atoms with E-state index in [0.29, 0.717) is 25.9 Å². The molecule has 0 rings (SSSR count). The number of aliphatic hydroxyl groups excluding tert-OH is 2. The number of amides is 1. The Balaban J connectivity index is 3.39. The number of hydrogen-bond donors (Lipinski definition) is 3. The van der Waals surface area contributed by atoms with Crippen LogP contribution in [0.5, 0.6) is 0 Å². The second-order valence-corrected chi connectivity index (χ2v) is 25.6. The molecule has 2 atom stereocenters. The molecule has 1 amide bonds. The van der Waals surface area contributed by atoms with Crippen LogP contribution in [0.4, 0.5) is 0 Å². The SMILES string of the molecule is CCCCCCCCCCCCCCCCCCCCCCCCCCC(O)C(CO)NC(=O)CCCCCCCCCCC/C=C\CCCCCCCCCCCCCCOC(=O)CCCCCCCCCCCCCCCC. The molecule has 0 spiro atoms. The summed E-state index contributed by atoms with van der Waals surface area (Å²) in [6.07, 6.45) is 87.0. The monoisotopic (exact) mass is 1130 g/mol. The van der Waals surface area contributed by atoms with Crippen molar-refractivity contribution in [2.24, 2.45) is 0 Å². The minimum absolute atomic E-state index is 0.0170. The fourth-order valence-corrected chi connectivity index (χ4v) is 11.9. The van der Waals surface area contributed by atoms with Crippen LogP contribution in [0.2, 0.25) is 0 Å². The third kappa shape index (κ3) is 65.7. The lowest BCUT2D eigenvalue weighted by atomic mass is 10.0. The first-order chi connectivity index (χ1) is 39.5. The average molecular weight is 1130 g/mol. The van der Waals surface area contributed by atoms with Gasteiger partial charge in [-0.3, -0.25) is 9.59 Å². The zero-order chi connectivity index (χ0) is 57.8. The van der Waals surface area contributed by atoms with E-state index in [0.717, 1.165) is 38.5 Å². The van der Waals surface area contributed by atoms with E-state index in [2.05, 4.69) is 31.3 Å². The van der Waals surface area contributed by atoms with Crippen LogP contribution in [0.1, 0.15) is 425 Å². The Kier molecular flexibility index (Phi) is 68.9. The third-order valence-corrected chi connectivity index (χ3v) is 17.6. The first-order valence-electron chi connectivity index (χ1n) is 36.9. The summed E-state index contributed by atoms with van der Waals surface area (Å²) in [4.78, 5) is 24.6. The summed E-state index contributed by atoms with van der Waals surface area (Å²) in [6.45, 7) is 5.00. The van der Waals surface area contributed by atoms with Crippen molar-refractivity contribution < 1.29 is 24.5 Å². The largest absolute Gasteiger partial charge is 0.466 e. The molecule has 0 fully saturated rings. The quantitative estimate of drug-likeness (QED) is 0.0320. The Morgan fingerprint density at radius 3 is 0.887 bits per heavy atom. The minimum atomic E-state index is -0.667. The lowest BCUT2D eigenvalue weighted by Gasteiger charge is -2.22. The molecular weight excluding hydrogens is 983 g/mol. The Morgan fingerprint density at radius 2 is 0.588 bits per heavy atom. The van der Waals surface area contributed by atoms with E-state index in [9.17, 15) is 19.8 Å². The molecule has 6 nitrogen and oxygen atoms in total. The molecule has 0 aliphatic carbocycles. The van der Waals surface area contributed by atoms with Gasteiger partial charge < -0.3 is 20.3 Å². The number of aliphatic hydroxyl groups is 2. The Bertz CT molecular complexity index is 1210. The van der Waals surface area contributed by atoms with Crippen molar-refractivity contribution in [2.75, 3.05) is 13.2 Å². The number of nitrogens with one attached hydrogen (secondary N) is 1. The van der Waals surface area contributed by atoms with E-state index in [1.54, 1.807) is 0 Å². The third-order valence-electron chi connectivity index (χ3n) is 17.6. The molecule has 6 heteroatoms. The number of hydrogen-bond acceptors (Lipinski definition) is 5. The van der Waals surface area contributed by atoms with Gasteiger partial charge in [-0.1, -0.05) is 373 Å². The van der Waals surface area contributed by atoms with Crippen LogP contribution in [0.15, 0.2) is 12.2 Å². The molecule has 0 saturated heterocycles. The molecule has 0 saturated carbocycles. The van der Waals surface area contributed by atoms with Gasteiger partial charge in [0.25, 0.3) is 0 Å². The van der Waals surface area contributed by atoms with E-state index >= 15 is 0 Å². The van der Waals surface area contributed by atoms with Gasteiger partial charge in [0.05, 0.1) is 25.4 Å². The van der Waals surface area contributed by atoms with Crippen molar-refractivity contribution in [3.63, 3.8) is 0 Å². The predicted octanol–water partition coefficient (Wildman–Crippen LogP) is 23.9. The van der Waals surface area contributed by atoms with Crippen molar-refractivity contribution in [3.8, 4) is 0 Å². The zero-order valence-electron chi connectivity index (χ0n) is 54.6. The Morgan fingerprint density at radius 1 is 0.338 bits per heavy atom. The summed E-state index contributed by atoms with van der Waals surface area (Å²) in [5, 5.41) is 23.5. The van der Waals surface area contributed by atoms with Gasteiger partial charge in [0, 0.05) is 12.8 Å². The number of unbranched alkanes of at least 4 members (excludes halogenated alkanes) is 57. The Hall–Kier alpha value is -1.40. The topological polar surface area (TPSA) is 95.9 Å². The highest BCUT2D eigenvalue weighted by molar-refractivity contribution is 5.76. The van der Waals surface area contributed by atoms with Crippen molar-refractivity contribution in [3.05, 3.63) is 12.2 Å². The molecule has 0 aliphatic rings. The summed E-state index contributed by atoms with van der Waals surface area (Å²) in [7, 11) is 0. The highest BCUT2D eigenvalue weighted by Crippen LogP contribution is 2.20. The van der Waals surface area contributed by atoms with E-state index in [-0.39, 0.29) is 18.5 Å². The fourth-order valence-electron chi connectivity index (χ4n) is 11.9. The highest BCUT2D eigenvalue weighted by atomic mass is 16.5. The standard InChI is InChI=1S/C74H145NO5/c1-3-5-7-9-11-13-15-17-19-20-21-22-23-27-30-33-36-39-42-46-50-54-58-62-66-72(77)71(70-76)75-73(78)67-63-59-55-51-47-43-40-37-34-31-28-25-24-26-29-32-35-38-41-45-49-53-57-61-65-69-80-74(79)68-64-60-56-52-48-44-18-16-14-12-10-8-6-4-2/h25,28,71-72,76-77H,3-24,26-27,29-70H2,1-2H3,(H,75,78)/b28-25-. The first-order valence-corrected chi connectivity index (χ1v) is 36.9. The molecule has 80 heavy (non-hydrogen) atoms. The van der Waals surface area contributed by atoms with E-state index in [1.165, 1.54) is 353 Å².